The number of fused-ring (bicyclic) bond motifs is 1. The fourth-order valence-electron chi connectivity index (χ4n) is 2.84. The van der Waals surface area contributed by atoms with Crippen molar-refractivity contribution in [3.8, 4) is 0 Å². The number of carbonyl (C=O) groups is 3. The van der Waals surface area contributed by atoms with Gasteiger partial charge < -0.3 is 18.0 Å². The quantitative estimate of drug-likeness (QED) is 0.539. The molecule has 1 heterocycles. The van der Waals surface area contributed by atoms with E-state index in [1.165, 1.54) is 13.8 Å². The Kier molecular flexibility index (Phi) is 5.22. The van der Waals surface area contributed by atoms with Gasteiger partial charge in [0, 0.05) is 20.3 Å². The van der Waals surface area contributed by atoms with E-state index in [-0.39, 0.29) is 24.5 Å². The van der Waals surface area contributed by atoms with Gasteiger partial charge in [0.1, 0.15) is 0 Å². The number of hydrogen-bond acceptors (Lipinski definition) is 7. The van der Waals surface area contributed by atoms with Crippen LogP contribution < -0.4 is 0 Å². The molecule has 1 saturated heterocycles. The molecule has 1 saturated carbocycles. The van der Waals surface area contributed by atoms with Crippen LogP contribution in [0.4, 0.5) is 0 Å². The van der Waals surface area contributed by atoms with Gasteiger partial charge >= 0.3 is 8.80 Å². The second-order valence-electron chi connectivity index (χ2n) is 5.79. The van der Waals surface area contributed by atoms with E-state index in [1.54, 1.807) is 6.92 Å². The number of rotatable bonds is 6. The van der Waals surface area contributed by atoms with Crippen molar-refractivity contribution in [3.05, 3.63) is 0 Å². The molecule has 124 valence electrons. The highest BCUT2D eigenvalue weighted by atomic mass is 28.4. The van der Waals surface area contributed by atoms with Crippen molar-refractivity contribution >= 4 is 26.7 Å². The number of epoxide rings is 1. The molecule has 0 radical (unpaired) electrons. The first-order chi connectivity index (χ1) is 10.3. The van der Waals surface area contributed by atoms with Crippen molar-refractivity contribution in [2.45, 2.75) is 64.7 Å². The predicted molar refractivity (Wildman–Crippen MR) is 76.5 cm³/mol. The van der Waals surface area contributed by atoms with Gasteiger partial charge in [0.2, 0.25) is 0 Å². The fourth-order valence-corrected chi connectivity index (χ4v) is 4.70. The Hall–Kier alpha value is -1.41. The van der Waals surface area contributed by atoms with Crippen LogP contribution in [0.15, 0.2) is 0 Å². The zero-order valence-corrected chi connectivity index (χ0v) is 14.1. The largest absolute Gasteiger partial charge is 0.704 e. The van der Waals surface area contributed by atoms with Crippen LogP contribution >= 0.6 is 0 Å². The molecule has 3 unspecified atom stereocenters. The topological polar surface area (TPSA) is 91.4 Å². The summed E-state index contributed by atoms with van der Waals surface area (Å²) in [6.07, 6.45) is 3.61. The van der Waals surface area contributed by atoms with Gasteiger partial charge in [0.05, 0.1) is 18.3 Å². The molecule has 1 aliphatic heterocycles. The molecular weight excluding hydrogens is 308 g/mol. The van der Waals surface area contributed by atoms with E-state index in [9.17, 15) is 14.4 Å². The van der Waals surface area contributed by atoms with Gasteiger partial charge in [-0.2, -0.15) is 0 Å². The molecular formula is C14H22O7Si. The summed E-state index contributed by atoms with van der Waals surface area (Å²) in [5, 5.41) is 0. The zero-order valence-electron chi connectivity index (χ0n) is 13.1. The average molecular weight is 330 g/mol. The lowest BCUT2D eigenvalue weighted by Gasteiger charge is -2.26. The maximum absolute atomic E-state index is 12.2. The van der Waals surface area contributed by atoms with E-state index in [2.05, 4.69) is 0 Å². The molecule has 7 nitrogen and oxygen atoms in total. The van der Waals surface area contributed by atoms with Crippen molar-refractivity contribution in [1.29, 1.82) is 0 Å². The minimum absolute atomic E-state index is 0.163. The van der Waals surface area contributed by atoms with Crippen LogP contribution in [0.5, 0.6) is 0 Å². The smallest absolute Gasteiger partial charge is 0.455 e. The summed E-state index contributed by atoms with van der Waals surface area (Å²) in [5.41, 5.74) is 0. The van der Waals surface area contributed by atoms with E-state index in [1.807, 2.05) is 0 Å². The molecule has 8 heteroatoms. The van der Waals surface area contributed by atoms with Gasteiger partial charge in [-0.1, -0.05) is 6.92 Å². The Morgan fingerprint density at radius 3 is 2.18 bits per heavy atom. The first kappa shape index (κ1) is 16.9. The van der Waals surface area contributed by atoms with E-state index in [0.717, 1.165) is 19.3 Å². The van der Waals surface area contributed by atoms with Crippen molar-refractivity contribution in [2.24, 2.45) is 5.92 Å². The van der Waals surface area contributed by atoms with E-state index in [4.69, 9.17) is 18.0 Å². The second-order valence-corrected chi connectivity index (χ2v) is 8.48. The van der Waals surface area contributed by atoms with E-state index >= 15 is 0 Å². The first-order valence-electron chi connectivity index (χ1n) is 7.60. The maximum Gasteiger partial charge on any atom is 0.704 e. The second kappa shape index (κ2) is 6.78. The van der Waals surface area contributed by atoms with Crippen LogP contribution in [0, 0.1) is 5.92 Å². The van der Waals surface area contributed by atoms with Crippen molar-refractivity contribution < 1.29 is 32.4 Å². The zero-order chi connectivity index (χ0) is 16.3. The minimum Gasteiger partial charge on any atom is -0.455 e. The molecule has 0 aromatic heterocycles. The van der Waals surface area contributed by atoms with Gasteiger partial charge in [-0.15, -0.1) is 0 Å². The molecule has 0 amide bonds. The molecule has 0 N–H and O–H groups in total. The molecule has 2 aliphatic rings. The Balaban J connectivity index is 1.93. The molecule has 0 aromatic rings. The van der Waals surface area contributed by atoms with Gasteiger partial charge in [-0.3, -0.25) is 14.4 Å². The van der Waals surface area contributed by atoms with Crippen LogP contribution in [0.1, 0.15) is 46.5 Å². The molecule has 2 fully saturated rings. The lowest BCUT2D eigenvalue weighted by atomic mass is 9.87. The van der Waals surface area contributed by atoms with E-state index < -0.39 is 26.7 Å². The van der Waals surface area contributed by atoms with E-state index in [0.29, 0.717) is 6.10 Å². The Morgan fingerprint density at radius 1 is 1.05 bits per heavy atom. The fraction of sp³-hybridized carbons (Fsp3) is 0.786. The summed E-state index contributed by atoms with van der Waals surface area (Å²) in [5.74, 6) is -1.54. The SMILES string of the molecule is CC[Si](OC(C)=O)(OC(C)=O)OC(=O)CC1CCC2OC2C1. The highest BCUT2D eigenvalue weighted by Crippen LogP contribution is 2.40. The third-order valence-electron chi connectivity index (χ3n) is 3.87. The Morgan fingerprint density at radius 2 is 1.68 bits per heavy atom. The lowest BCUT2D eigenvalue weighted by Crippen LogP contribution is -2.49. The van der Waals surface area contributed by atoms with Gasteiger partial charge in [0.15, 0.2) is 0 Å². The first-order valence-corrected chi connectivity index (χ1v) is 9.53. The Bertz CT molecular complexity index is 448. The van der Waals surface area contributed by atoms with Gasteiger partial charge in [-0.05, 0) is 25.2 Å². The number of ether oxygens (including phenoxy) is 1. The molecule has 2 rings (SSSR count). The number of carbonyl (C=O) groups excluding carboxylic acids is 3. The standard InChI is InChI=1S/C14H22O7Si/c1-4-22(19-9(2)15,20-10(3)16)21-14(17)8-11-5-6-12-13(7-11)18-12/h11-13H,4-8H2,1-3H3. The third kappa shape index (κ3) is 4.54. The van der Waals surface area contributed by atoms with Gasteiger partial charge in [-0.25, -0.2) is 0 Å². The van der Waals surface area contributed by atoms with Crippen LogP contribution in [-0.2, 0) is 32.4 Å². The highest BCUT2D eigenvalue weighted by Gasteiger charge is 2.51. The molecule has 1 aliphatic carbocycles. The average Bonchev–Trinajstić information content (AvgIpc) is 3.15. The summed E-state index contributed by atoms with van der Waals surface area (Å²) in [4.78, 5) is 34.6. The molecule has 0 spiro atoms. The molecule has 0 aromatic carbocycles. The summed E-state index contributed by atoms with van der Waals surface area (Å²) in [6.45, 7) is 4.05. The van der Waals surface area contributed by atoms with Crippen molar-refractivity contribution in [1.82, 2.24) is 0 Å². The Labute approximate surface area is 130 Å². The monoisotopic (exact) mass is 330 g/mol. The molecule has 0 bridgehead atoms. The molecule has 3 atom stereocenters. The lowest BCUT2D eigenvalue weighted by molar-refractivity contribution is -0.149. The van der Waals surface area contributed by atoms with Crippen molar-refractivity contribution in [3.63, 3.8) is 0 Å². The summed E-state index contributed by atoms with van der Waals surface area (Å²) < 4.78 is 20.9. The van der Waals surface area contributed by atoms with Crippen molar-refractivity contribution in [2.75, 3.05) is 0 Å². The van der Waals surface area contributed by atoms with Gasteiger partial charge in [0.25, 0.3) is 17.9 Å². The van der Waals surface area contributed by atoms with Crippen LogP contribution in [0.25, 0.3) is 0 Å². The predicted octanol–water partition coefficient (Wildman–Crippen LogP) is 1.57. The maximum atomic E-state index is 12.2. The molecule has 22 heavy (non-hydrogen) atoms. The number of hydrogen-bond donors (Lipinski definition) is 0. The van der Waals surface area contributed by atoms with Crippen LogP contribution in [0.2, 0.25) is 6.04 Å². The summed E-state index contributed by atoms with van der Waals surface area (Å²) in [6, 6.07) is 0.163. The minimum atomic E-state index is -3.63. The normalized spacial score (nSPS) is 26.6. The van der Waals surface area contributed by atoms with Crippen LogP contribution in [-0.4, -0.2) is 38.9 Å². The highest BCUT2D eigenvalue weighted by molar-refractivity contribution is 6.65. The summed E-state index contributed by atoms with van der Waals surface area (Å²) in [7, 11) is -3.63. The van der Waals surface area contributed by atoms with Crippen LogP contribution in [0.3, 0.4) is 0 Å². The third-order valence-corrected chi connectivity index (χ3v) is 6.47. The summed E-state index contributed by atoms with van der Waals surface area (Å²) >= 11 is 0.